The normalized spacial score (nSPS) is 13.8. The molecule has 166 valence electrons. The van der Waals surface area contributed by atoms with Crippen LogP contribution in [0.25, 0.3) is 0 Å². The average molecular weight is 437 g/mol. The molecule has 0 spiro atoms. The fraction of sp³-hybridized carbons (Fsp3) is 0.273. The number of aromatic amines is 1. The Kier molecular flexibility index (Phi) is 6.49. The number of hydrogen-bond acceptors (Lipinski definition) is 9. The molecule has 6 bridgehead atoms. The second kappa shape index (κ2) is 9.82. The summed E-state index contributed by atoms with van der Waals surface area (Å²) >= 11 is 0. The fourth-order valence-electron chi connectivity index (χ4n) is 3.16. The summed E-state index contributed by atoms with van der Waals surface area (Å²) in [5.41, 5.74) is 1.29. The predicted molar refractivity (Wildman–Crippen MR) is 118 cm³/mol. The highest BCUT2D eigenvalue weighted by molar-refractivity contribution is 5.93. The third kappa shape index (κ3) is 5.34. The number of H-pyrrole nitrogens is 1. The number of fused-ring (bicyclic) bond motifs is 6. The number of esters is 1. The van der Waals surface area contributed by atoms with Crippen LogP contribution in [0.5, 0.6) is 11.5 Å². The van der Waals surface area contributed by atoms with Crippen LogP contribution >= 0.6 is 0 Å². The molecule has 2 aromatic carbocycles. The van der Waals surface area contributed by atoms with E-state index in [0.29, 0.717) is 36.8 Å². The van der Waals surface area contributed by atoms with Gasteiger partial charge in [0.15, 0.2) is 0 Å². The lowest BCUT2D eigenvalue weighted by Gasteiger charge is -2.14. The molecular weight excluding hydrogens is 414 g/mol. The Morgan fingerprint density at radius 1 is 1.06 bits per heavy atom. The van der Waals surface area contributed by atoms with Gasteiger partial charge in [0.1, 0.15) is 17.1 Å². The zero-order chi connectivity index (χ0) is 22.3. The number of aromatic nitrogens is 3. The minimum atomic E-state index is -0.556. The number of nitrogens with one attached hydrogen (secondary N) is 3. The van der Waals surface area contributed by atoms with Crippen LogP contribution in [0.4, 0.5) is 17.6 Å². The molecular formula is C22H23N5O5. The molecule has 32 heavy (non-hydrogen) atoms. The van der Waals surface area contributed by atoms with Crippen molar-refractivity contribution in [2.75, 3.05) is 31.0 Å². The van der Waals surface area contributed by atoms with Crippen molar-refractivity contribution < 1.29 is 19.0 Å². The van der Waals surface area contributed by atoms with Crippen LogP contribution in [0.3, 0.4) is 0 Å². The monoisotopic (exact) mass is 437 g/mol. The predicted octanol–water partition coefficient (Wildman–Crippen LogP) is 2.86. The summed E-state index contributed by atoms with van der Waals surface area (Å²) in [5.74, 6) is 0.986. The first-order valence-electron chi connectivity index (χ1n) is 10.2. The minimum Gasteiger partial charge on any atom is -0.494 e. The van der Waals surface area contributed by atoms with Gasteiger partial charge in [0.2, 0.25) is 11.9 Å². The Hall–Kier alpha value is -4.08. The molecule has 0 saturated heterocycles. The van der Waals surface area contributed by atoms with Crippen molar-refractivity contribution in [2.45, 2.75) is 19.4 Å². The second-order valence-electron chi connectivity index (χ2n) is 7.06. The molecule has 0 amide bonds. The largest absolute Gasteiger partial charge is 0.494 e. The van der Waals surface area contributed by atoms with Gasteiger partial charge in [0, 0.05) is 18.3 Å². The molecule has 1 aliphatic rings. The van der Waals surface area contributed by atoms with Gasteiger partial charge in [-0.05, 0) is 42.7 Å². The lowest BCUT2D eigenvalue weighted by atomic mass is 10.2. The first-order valence-corrected chi connectivity index (χ1v) is 10.2. The molecule has 1 aromatic heterocycles. The van der Waals surface area contributed by atoms with E-state index in [4.69, 9.17) is 14.2 Å². The Labute approximate surface area is 184 Å². The Bertz CT molecular complexity index is 1160. The molecule has 0 aliphatic carbocycles. The van der Waals surface area contributed by atoms with Crippen LogP contribution in [0.2, 0.25) is 0 Å². The fourth-order valence-corrected chi connectivity index (χ4v) is 3.16. The van der Waals surface area contributed by atoms with E-state index >= 15 is 0 Å². The van der Waals surface area contributed by atoms with E-state index in [1.807, 2.05) is 24.3 Å². The van der Waals surface area contributed by atoms with Crippen LogP contribution < -0.4 is 25.8 Å². The zero-order valence-corrected chi connectivity index (χ0v) is 17.5. The molecule has 10 nitrogen and oxygen atoms in total. The minimum absolute atomic E-state index is 0.173. The van der Waals surface area contributed by atoms with Crippen LogP contribution in [-0.4, -0.2) is 41.2 Å². The highest BCUT2D eigenvalue weighted by Crippen LogP contribution is 2.26. The van der Waals surface area contributed by atoms with Gasteiger partial charge in [0.05, 0.1) is 20.3 Å². The number of anilines is 3. The SMILES string of the molecule is COC(=O)c1ccc2cc1OCCCCOc1cccc(c1)CNc1nc([nH]c(=O)n1)N2. The number of hydrogen-bond donors (Lipinski definition) is 3. The van der Waals surface area contributed by atoms with E-state index < -0.39 is 11.7 Å². The summed E-state index contributed by atoms with van der Waals surface area (Å²) < 4.78 is 16.5. The molecule has 4 rings (SSSR count). The van der Waals surface area contributed by atoms with Crippen molar-refractivity contribution in [3.8, 4) is 11.5 Å². The highest BCUT2D eigenvalue weighted by atomic mass is 16.5. The molecule has 10 heteroatoms. The van der Waals surface area contributed by atoms with Crippen molar-refractivity contribution >= 4 is 23.6 Å². The summed E-state index contributed by atoms with van der Waals surface area (Å²) in [7, 11) is 1.31. The molecule has 2 heterocycles. The lowest BCUT2D eigenvalue weighted by molar-refractivity contribution is 0.0596. The number of ether oxygens (including phenoxy) is 3. The van der Waals surface area contributed by atoms with E-state index in [-0.39, 0.29) is 11.9 Å². The number of methoxy groups -OCH3 is 1. The van der Waals surface area contributed by atoms with Crippen molar-refractivity contribution in [2.24, 2.45) is 0 Å². The van der Waals surface area contributed by atoms with Crippen LogP contribution in [0, 0.1) is 0 Å². The van der Waals surface area contributed by atoms with Crippen LogP contribution in [0.15, 0.2) is 47.3 Å². The lowest BCUT2D eigenvalue weighted by Crippen LogP contribution is -2.18. The van der Waals surface area contributed by atoms with Crippen molar-refractivity contribution in [3.05, 3.63) is 64.1 Å². The van der Waals surface area contributed by atoms with Crippen molar-refractivity contribution in [3.63, 3.8) is 0 Å². The number of carbonyl (C=O) groups is 1. The molecule has 0 atom stereocenters. The summed E-state index contributed by atoms with van der Waals surface area (Å²) in [6.45, 7) is 1.35. The van der Waals surface area contributed by atoms with E-state index in [1.165, 1.54) is 7.11 Å². The van der Waals surface area contributed by atoms with Gasteiger partial charge in [-0.15, -0.1) is 0 Å². The quantitative estimate of drug-likeness (QED) is 0.492. The standard InChI is InChI=1S/C22H23N5O5/c1-30-19(28)17-8-7-15-12-18(17)32-10-3-2-9-31-16-6-4-5-14(11-16)13-23-20-25-21(24-15)27-22(29)26-20/h4-8,11-12H,2-3,9-10,13H2,1H3,(H3,23,24,25,26,27,29). The maximum atomic E-state index is 12.1. The molecule has 0 saturated carbocycles. The van der Waals surface area contributed by atoms with E-state index in [1.54, 1.807) is 18.2 Å². The van der Waals surface area contributed by atoms with Gasteiger partial charge in [-0.3, -0.25) is 4.98 Å². The van der Waals surface area contributed by atoms with E-state index in [2.05, 4.69) is 25.6 Å². The molecule has 0 fully saturated rings. The molecule has 0 unspecified atom stereocenters. The maximum Gasteiger partial charge on any atom is 0.351 e. The number of carbonyl (C=O) groups excluding carboxylic acids is 1. The summed E-state index contributed by atoms with van der Waals surface area (Å²) in [6, 6.07) is 12.6. The number of benzene rings is 2. The molecule has 3 N–H and O–H groups in total. The van der Waals surface area contributed by atoms with E-state index in [9.17, 15) is 9.59 Å². The topological polar surface area (TPSA) is 127 Å². The maximum absolute atomic E-state index is 12.1. The third-order valence-corrected chi connectivity index (χ3v) is 4.71. The van der Waals surface area contributed by atoms with Gasteiger partial charge < -0.3 is 24.8 Å². The van der Waals surface area contributed by atoms with Crippen molar-refractivity contribution in [1.29, 1.82) is 0 Å². The molecule has 3 aromatic rings. The van der Waals surface area contributed by atoms with Crippen molar-refractivity contribution in [1.82, 2.24) is 15.0 Å². The van der Waals surface area contributed by atoms with Gasteiger partial charge >= 0.3 is 11.7 Å². The summed E-state index contributed by atoms with van der Waals surface area (Å²) in [5, 5.41) is 6.07. The van der Waals surface area contributed by atoms with Gasteiger partial charge in [0.25, 0.3) is 0 Å². The first-order chi connectivity index (χ1) is 15.6. The Morgan fingerprint density at radius 2 is 1.91 bits per heavy atom. The average Bonchev–Trinajstić information content (AvgIpc) is 2.79. The molecule has 0 radical (unpaired) electrons. The third-order valence-electron chi connectivity index (χ3n) is 4.71. The number of rotatable bonds is 1. The summed E-state index contributed by atoms with van der Waals surface area (Å²) in [6.07, 6.45) is 1.52. The summed E-state index contributed by atoms with van der Waals surface area (Å²) in [4.78, 5) is 34.9. The molecule has 1 aliphatic heterocycles. The van der Waals surface area contributed by atoms with Gasteiger partial charge in [-0.1, -0.05) is 12.1 Å². The number of nitrogens with zero attached hydrogens (tertiary/aromatic N) is 2. The Morgan fingerprint density at radius 3 is 2.75 bits per heavy atom. The first kappa shape index (κ1) is 21.2. The van der Waals surface area contributed by atoms with Crippen LogP contribution in [-0.2, 0) is 11.3 Å². The van der Waals surface area contributed by atoms with Crippen LogP contribution in [0.1, 0.15) is 28.8 Å². The zero-order valence-electron chi connectivity index (χ0n) is 17.5. The smallest absolute Gasteiger partial charge is 0.351 e. The highest BCUT2D eigenvalue weighted by Gasteiger charge is 2.15. The second-order valence-corrected chi connectivity index (χ2v) is 7.06. The van der Waals surface area contributed by atoms with Gasteiger partial charge in [-0.25, -0.2) is 9.59 Å². The Balaban J connectivity index is 1.65. The van der Waals surface area contributed by atoms with E-state index in [0.717, 1.165) is 24.2 Å². The van der Waals surface area contributed by atoms with Gasteiger partial charge in [-0.2, -0.15) is 9.97 Å².